The first-order chi connectivity index (χ1) is 16.0. The molecule has 0 radical (unpaired) electrons. The molecule has 0 spiro atoms. The largest absolute Gasteiger partial charge is 0.399 e. The predicted molar refractivity (Wildman–Crippen MR) is 139 cm³/mol. The van der Waals surface area contributed by atoms with Crippen molar-refractivity contribution < 1.29 is 0 Å². The lowest BCUT2D eigenvalue weighted by atomic mass is 9.77. The van der Waals surface area contributed by atoms with Gasteiger partial charge in [-0.1, -0.05) is 58.6 Å². The second kappa shape index (κ2) is 11.0. The highest BCUT2D eigenvalue weighted by Crippen LogP contribution is 2.34. The van der Waals surface area contributed by atoms with E-state index in [1.807, 2.05) is 41.0 Å². The van der Waals surface area contributed by atoms with Gasteiger partial charge in [-0.3, -0.25) is 0 Å². The van der Waals surface area contributed by atoms with Crippen molar-refractivity contribution in [3.63, 3.8) is 0 Å². The molecule has 2 aromatic heterocycles. The van der Waals surface area contributed by atoms with Crippen molar-refractivity contribution in [3.05, 3.63) is 42.6 Å². The number of nitrogens with two attached hydrogens (primary N) is 1. The smallest absolute Gasteiger partial charge is 0.154 e. The summed E-state index contributed by atoms with van der Waals surface area (Å²) in [7, 11) is 0. The Morgan fingerprint density at radius 2 is 1.76 bits per heavy atom. The number of fused-ring (bicyclic) bond motifs is 1. The summed E-state index contributed by atoms with van der Waals surface area (Å²) >= 11 is 0. The highest BCUT2D eigenvalue weighted by atomic mass is 15.3. The van der Waals surface area contributed by atoms with Crippen LogP contribution in [0.4, 0.5) is 11.5 Å². The molecule has 2 unspecified atom stereocenters. The molecule has 1 aliphatic rings. The van der Waals surface area contributed by atoms with Crippen LogP contribution in [0.25, 0.3) is 16.9 Å². The lowest BCUT2D eigenvalue weighted by Crippen LogP contribution is -2.28. The minimum absolute atomic E-state index is 0.506. The van der Waals surface area contributed by atoms with Gasteiger partial charge in [0, 0.05) is 17.3 Å². The van der Waals surface area contributed by atoms with Crippen molar-refractivity contribution in [1.82, 2.24) is 14.6 Å². The molecule has 0 aliphatic heterocycles. The molecule has 1 aromatic carbocycles. The quantitative estimate of drug-likeness (QED) is 0.255. The number of benzene rings is 1. The van der Waals surface area contributed by atoms with Crippen molar-refractivity contribution in [3.8, 4) is 11.3 Å². The Labute approximate surface area is 199 Å². The first-order valence-electron chi connectivity index (χ1n) is 13.0. The van der Waals surface area contributed by atoms with E-state index < -0.39 is 0 Å². The van der Waals surface area contributed by atoms with Gasteiger partial charge in [0.25, 0.3) is 0 Å². The molecule has 33 heavy (non-hydrogen) atoms. The molecule has 1 saturated carbocycles. The Morgan fingerprint density at radius 1 is 1.00 bits per heavy atom. The highest BCUT2D eigenvalue weighted by molar-refractivity contribution is 5.65. The van der Waals surface area contributed by atoms with E-state index >= 15 is 0 Å². The molecule has 5 nitrogen and oxygen atoms in total. The molecular weight excluding hydrogens is 406 g/mol. The van der Waals surface area contributed by atoms with Crippen molar-refractivity contribution in [2.75, 3.05) is 11.1 Å². The van der Waals surface area contributed by atoms with Gasteiger partial charge < -0.3 is 11.1 Å². The number of nitrogens with one attached hydrogen (secondary N) is 1. The van der Waals surface area contributed by atoms with E-state index in [4.69, 9.17) is 10.8 Å². The number of imidazole rings is 1. The Morgan fingerprint density at radius 3 is 2.48 bits per heavy atom. The molecule has 4 rings (SSSR count). The summed E-state index contributed by atoms with van der Waals surface area (Å²) in [4.78, 5) is 4.52. The van der Waals surface area contributed by atoms with E-state index in [-0.39, 0.29) is 0 Å². The summed E-state index contributed by atoms with van der Waals surface area (Å²) in [6.07, 6.45) is 13.9. The lowest BCUT2D eigenvalue weighted by molar-refractivity contribution is 0.236. The Hall–Kier alpha value is -2.56. The minimum atomic E-state index is 0.506. The number of anilines is 2. The average molecular weight is 448 g/mol. The lowest BCUT2D eigenvalue weighted by Gasteiger charge is -2.32. The van der Waals surface area contributed by atoms with Gasteiger partial charge >= 0.3 is 0 Å². The Bertz CT molecular complexity index is 1000. The van der Waals surface area contributed by atoms with Crippen molar-refractivity contribution in [2.24, 2.45) is 17.8 Å². The molecule has 0 saturated heterocycles. The van der Waals surface area contributed by atoms with Crippen LogP contribution in [0.15, 0.2) is 42.6 Å². The number of nitrogens with zero attached hydrogens (tertiary/aromatic N) is 3. The fourth-order valence-electron chi connectivity index (χ4n) is 5.31. The summed E-state index contributed by atoms with van der Waals surface area (Å²) in [5, 5.41) is 8.57. The summed E-state index contributed by atoms with van der Waals surface area (Å²) in [6, 6.07) is 12.5. The third-order valence-electron chi connectivity index (χ3n) is 7.71. The third-order valence-corrected chi connectivity index (χ3v) is 7.71. The topological polar surface area (TPSA) is 68.2 Å². The van der Waals surface area contributed by atoms with Crippen LogP contribution in [0.3, 0.4) is 0 Å². The van der Waals surface area contributed by atoms with E-state index in [9.17, 15) is 0 Å². The van der Waals surface area contributed by atoms with Gasteiger partial charge in [0.15, 0.2) is 5.65 Å². The second-order valence-electron chi connectivity index (χ2n) is 10.3. The molecule has 3 N–H and O–H groups in total. The van der Waals surface area contributed by atoms with Gasteiger partial charge in [0.05, 0.1) is 11.9 Å². The van der Waals surface area contributed by atoms with Crippen LogP contribution in [0.5, 0.6) is 0 Å². The number of aromatic nitrogens is 3. The van der Waals surface area contributed by atoms with Crippen molar-refractivity contribution in [1.29, 1.82) is 0 Å². The highest BCUT2D eigenvalue weighted by Gasteiger charge is 2.24. The standard InChI is InChI=1S/C28H41N5/c1-4-5-6-7-20(2)21(3)18-22-8-14-25(15-9-22)31-27-16-17-28-30-19-26(33(28)32-27)23-10-12-24(29)13-11-23/h10-13,16-17,19-22,25H,4-9,14-15,18,29H2,1-3H3,(H,31,32). The first kappa shape index (κ1) is 23.6. The minimum Gasteiger partial charge on any atom is -0.399 e. The molecule has 0 bridgehead atoms. The van der Waals surface area contributed by atoms with Crippen LogP contribution >= 0.6 is 0 Å². The van der Waals surface area contributed by atoms with Crippen LogP contribution in [-0.2, 0) is 0 Å². The zero-order valence-electron chi connectivity index (χ0n) is 20.6. The molecule has 1 fully saturated rings. The molecule has 178 valence electrons. The van der Waals surface area contributed by atoms with E-state index in [1.165, 1.54) is 57.8 Å². The van der Waals surface area contributed by atoms with Crippen LogP contribution in [0.1, 0.15) is 78.6 Å². The fourth-order valence-corrected chi connectivity index (χ4v) is 5.31. The number of unbranched alkanes of at least 4 members (excludes halogenated alkanes) is 2. The van der Waals surface area contributed by atoms with Gasteiger partial charge in [-0.15, -0.1) is 5.10 Å². The maximum atomic E-state index is 5.85. The summed E-state index contributed by atoms with van der Waals surface area (Å²) in [5.41, 5.74) is 9.53. The molecule has 5 heteroatoms. The second-order valence-corrected chi connectivity index (χ2v) is 10.3. The van der Waals surface area contributed by atoms with E-state index in [0.717, 1.165) is 46.2 Å². The number of nitrogen functional groups attached to an aromatic ring is 1. The molecule has 1 aliphatic carbocycles. The van der Waals surface area contributed by atoms with Crippen LogP contribution in [0, 0.1) is 17.8 Å². The van der Waals surface area contributed by atoms with Crippen molar-refractivity contribution >= 4 is 17.2 Å². The number of rotatable bonds is 10. The summed E-state index contributed by atoms with van der Waals surface area (Å²) in [6.45, 7) is 7.23. The average Bonchev–Trinajstić information content (AvgIpc) is 3.24. The zero-order chi connectivity index (χ0) is 23.2. The summed E-state index contributed by atoms with van der Waals surface area (Å²) < 4.78 is 1.93. The molecule has 3 aromatic rings. The Kier molecular flexibility index (Phi) is 7.89. The van der Waals surface area contributed by atoms with Gasteiger partial charge in [-0.05, 0) is 74.1 Å². The molecule has 2 atom stereocenters. The summed E-state index contributed by atoms with van der Waals surface area (Å²) in [5.74, 6) is 3.51. The van der Waals surface area contributed by atoms with Gasteiger partial charge in [0.2, 0.25) is 0 Å². The van der Waals surface area contributed by atoms with E-state index in [0.29, 0.717) is 6.04 Å². The van der Waals surface area contributed by atoms with Crippen molar-refractivity contribution in [2.45, 2.75) is 84.6 Å². The molecule has 0 amide bonds. The maximum absolute atomic E-state index is 5.85. The maximum Gasteiger partial charge on any atom is 0.154 e. The molecule has 2 heterocycles. The zero-order valence-corrected chi connectivity index (χ0v) is 20.6. The van der Waals surface area contributed by atoms with Gasteiger partial charge in [-0.25, -0.2) is 9.50 Å². The Balaban J connectivity index is 1.32. The predicted octanol–water partition coefficient (Wildman–Crippen LogP) is 7.19. The monoisotopic (exact) mass is 447 g/mol. The van der Waals surface area contributed by atoms with Crippen LogP contribution in [-0.4, -0.2) is 20.6 Å². The van der Waals surface area contributed by atoms with Gasteiger partial charge in [0.1, 0.15) is 5.82 Å². The SMILES string of the molecule is CCCCCC(C)C(C)CC1CCC(Nc2ccc3ncc(-c4ccc(N)cc4)n3n2)CC1. The van der Waals surface area contributed by atoms with Crippen LogP contribution in [0.2, 0.25) is 0 Å². The normalized spacial score (nSPS) is 20.6. The molecular formula is C28H41N5. The first-order valence-corrected chi connectivity index (χ1v) is 13.0. The van der Waals surface area contributed by atoms with E-state index in [1.54, 1.807) is 0 Å². The fraction of sp³-hybridized carbons (Fsp3) is 0.571. The number of hydrogen-bond acceptors (Lipinski definition) is 4. The third kappa shape index (κ3) is 6.07. The van der Waals surface area contributed by atoms with Gasteiger partial charge in [-0.2, -0.15) is 0 Å². The van der Waals surface area contributed by atoms with Crippen LogP contribution < -0.4 is 11.1 Å². The number of hydrogen-bond donors (Lipinski definition) is 2. The van der Waals surface area contributed by atoms with E-state index in [2.05, 4.69) is 37.1 Å².